The highest BCUT2D eigenvalue weighted by atomic mass is 16.5. The van der Waals surface area contributed by atoms with E-state index in [0.717, 1.165) is 18.4 Å². The van der Waals surface area contributed by atoms with Gasteiger partial charge in [-0.05, 0) is 37.6 Å². The molecule has 3 aliphatic rings. The fourth-order valence-corrected chi connectivity index (χ4v) is 3.99. The van der Waals surface area contributed by atoms with Crippen LogP contribution in [-0.4, -0.2) is 37.7 Å². The van der Waals surface area contributed by atoms with Gasteiger partial charge in [-0.2, -0.15) is 0 Å². The highest BCUT2D eigenvalue weighted by Gasteiger charge is 2.42. The SMILES string of the molecule is CCNC1COCC1C(=O)NC1CC2CCC1C2. The molecule has 102 valence electrons. The van der Waals surface area contributed by atoms with Crippen molar-refractivity contribution in [3.63, 3.8) is 0 Å². The molecule has 2 bridgehead atoms. The average molecular weight is 252 g/mol. The fourth-order valence-electron chi connectivity index (χ4n) is 3.99. The molecular weight excluding hydrogens is 228 g/mol. The van der Waals surface area contributed by atoms with Crippen LogP contribution in [-0.2, 0) is 9.53 Å². The molecule has 4 nitrogen and oxygen atoms in total. The molecule has 2 aliphatic carbocycles. The highest BCUT2D eigenvalue weighted by molar-refractivity contribution is 5.80. The number of ether oxygens (including phenoxy) is 1. The second-order valence-electron chi connectivity index (χ2n) is 6.10. The molecule has 0 aromatic rings. The minimum Gasteiger partial charge on any atom is -0.379 e. The van der Waals surface area contributed by atoms with Crippen molar-refractivity contribution in [1.29, 1.82) is 0 Å². The summed E-state index contributed by atoms with van der Waals surface area (Å²) in [7, 11) is 0. The van der Waals surface area contributed by atoms with Crippen LogP contribution < -0.4 is 10.6 Å². The van der Waals surface area contributed by atoms with Crippen LogP contribution in [0.4, 0.5) is 0 Å². The molecule has 2 saturated carbocycles. The standard InChI is InChI=1S/C14H24N2O2/c1-2-15-13-8-18-7-11(13)14(17)16-12-6-9-3-4-10(12)5-9/h9-13,15H,2-8H2,1H3,(H,16,17). The summed E-state index contributed by atoms with van der Waals surface area (Å²) in [5, 5.41) is 6.63. The molecule has 1 aliphatic heterocycles. The summed E-state index contributed by atoms with van der Waals surface area (Å²) in [4.78, 5) is 12.3. The molecular formula is C14H24N2O2. The number of amides is 1. The maximum absolute atomic E-state index is 12.3. The Kier molecular flexibility index (Phi) is 3.57. The van der Waals surface area contributed by atoms with E-state index in [4.69, 9.17) is 4.74 Å². The molecule has 1 heterocycles. The molecule has 0 spiro atoms. The Bertz CT molecular complexity index is 321. The van der Waals surface area contributed by atoms with Gasteiger partial charge in [-0.25, -0.2) is 0 Å². The quantitative estimate of drug-likeness (QED) is 0.782. The summed E-state index contributed by atoms with van der Waals surface area (Å²) in [6, 6.07) is 0.646. The van der Waals surface area contributed by atoms with Crippen LogP contribution in [0.3, 0.4) is 0 Å². The van der Waals surface area contributed by atoms with Crippen molar-refractivity contribution < 1.29 is 9.53 Å². The van der Waals surface area contributed by atoms with E-state index in [1.165, 1.54) is 25.7 Å². The molecule has 1 saturated heterocycles. The minimum absolute atomic E-state index is 0.00377. The predicted octanol–water partition coefficient (Wildman–Crippen LogP) is 0.916. The lowest BCUT2D eigenvalue weighted by Crippen LogP contribution is -2.48. The van der Waals surface area contributed by atoms with Crippen LogP contribution in [0.15, 0.2) is 0 Å². The Morgan fingerprint density at radius 1 is 1.22 bits per heavy atom. The summed E-state index contributed by atoms with van der Waals surface area (Å²) in [5.74, 6) is 1.84. The molecule has 4 heteroatoms. The van der Waals surface area contributed by atoms with Crippen LogP contribution in [0, 0.1) is 17.8 Å². The van der Waals surface area contributed by atoms with Crippen molar-refractivity contribution in [3.8, 4) is 0 Å². The van der Waals surface area contributed by atoms with Crippen LogP contribution >= 0.6 is 0 Å². The van der Waals surface area contributed by atoms with Crippen molar-refractivity contribution in [1.82, 2.24) is 10.6 Å². The molecule has 5 unspecified atom stereocenters. The zero-order valence-electron chi connectivity index (χ0n) is 11.2. The van der Waals surface area contributed by atoms with E-state index < -0.39 is 0 Å². The number of rotatable bonds is 4. The summed E-state index contributed by atoms with van der Waals surface area (Å²) >= 11 is 0. The number of hydrogen-bond donors (Lipinski definition) is 2. The van der Waals surface area contributed by atoms with Gasteiger partial charge in [-0.3, -0.25) is 4.79 Å². The minimum atomic E-state index is 0.00377. The molecule has 0 aromatic carbocycles. The number of hydrogen-bond acceptors (Lipinski definition) is 3. The Morgan fingerprint density at radius 2 is 2.11 bits per heavy atom. The molecule has 18 heavy (non-hydrogen) atoms. The van der Waals surface area contributed by atoms with Gasteiger partial charge >= 0.3 is 0 Å². The highest BCUT2D eigenvalue weighted by Crippen LogP contribution is 2.44. The Balaban J connectivity index is 1.54. The van der Waals surface area contributed by atoms with Gasteiger partial charge in [0.1, 0.15) is 0 Å². The Hall–Kier alpha value is -0.610. The van der Waals surface area contributed by atoms with Crippen LogP contribution in [0.2, 0.25) is 0 Å². The van der Waals surface area contributed by atoms with Crippen molar-refractivity contribution in [3.05, 3.63) is 0 Å². The zero-order valence-corrected chi connectivity index (χ0v) is 11.2. The van der Waals surface area contributed by atoms with E-state index in [0.29, 0.717) is 19.3 Å². The Morgan fingerprint density at radius 3 is 2.78 bits per heavy atom. The number of fused-ring (bicyclic) bond motifs is 2. The second kappa shape index (κ2) is 5.17. The van der Waals surface area contributed by atoms with Crippen LogP contribution in [0.1, 0.15) is 32.6 Å². The predicted molar refractivity (Wildman–Crippen MR) is 69.2 cm³/mol. The molecule has 1 amide bonds. The largest absolute Gasteiger partial charge is 0.379 e. The summed E-state index contributed by atoms with van der Waals surface area (Å²) < 4.78 is 5.45. The van der Waals surface area contributed by atoms with E-state index in [1.807, 2.05) is 0 Å². The third-order valence-electron chi connectivity index (χ3n) is 4.95. The first-order valence-electron chi connectivity index (χ1n) is 7.39. The Labute approximate surface area is 109 Å². The van der Waals surface area contributed by atoms with E-state index in [9.17, 15) is 4.79 Å². The van der Waals surface area contributed by atoms with Gasteiger partial charge in [0.15, 0.2) is 0 Å². The van der Waals surface area contributed by atoms with Gasteiger partial charge in [0.05, 0.1) is 19.1 Å². The van der Waals surface area contributed by atoms with Crippen molar-refractivity contribution >= 4 is 5.91 Å². The van der Waals surface area contributed by atoms with Crippen molar-refractivity contribution in [2.45, 2.75) is 44.7 Å². The first kappa shape index (κ1) is 12.4. The van der Waals surface area contributed by atoms with Gasteiger partial charge in [0, 0.05) is 12.1 Å². The number of carbonyl (C=O) groups excluding carboxylic acids is 1. The molecule has 2 N–H and O–H groups in total. The lowest BCUT2D eigenvalue weighted by atomic mass is 9.94. The number of carbonyl (C=O) groups is 1. The average Bonchev–Trinajstić information content (AvgIpc) is 3.04. The topological polar surface area (TPSA) is 50.4 Å². The maximum Gasteiger partial charge on any atom is 0.227 e. The first-order valence-corrected chi connectivity index (χ1v) is 7.39. The molecule has 0 aromatic heterocycles. The monoisotopic (exact) mass is 252 g/mol. The third kappa shape index (κ3) is 2.28. The smallest absolute Gasteiger partial charge is 0.227 e. The molecule has 3 rings (SSSR count). The van der Waals surface area contributed by atoms with Crippen LogP contribution in [0.5, 0.6) is 0 Å². The van der Waals surface area contributed by atoms with Crippen molar-refractivity contribution in [2.24, 2.45) is 17.8 Å². The molecule has 3 fully saturated rings. The zero-order chi connectivity index (χ0) is 12.5. The third-order valence-corrected chi connectivity index (χ3v) is 4.95. The first-order chi connectivity index (χ1) is 8.78. The number of nitrogens with one attached hydrogen (secondary N) is 2. The second-order valence-corrected chi connectivity index (χ2v) is 6.10. The normalized spacial score (nSPS) is 42.4. The maximum atomic E-state index is 12.3. The fraction of sp³-hybridized carbons (Fsp3) is 0.929. The van der Waals surface area contributed by atoms with E-state index in [-0.39, 0.29) is 17.9 Å². The molecule has 5 atom stereocenters. The van der Waals surface area contributed by atoms with Gasteiger partial charge in [-0.1, -0.05) is 13.3 Å². The number of likely N-dealkylation sites (N-methyl/N-ethyl adjacent to an activating group) is 1. The van der Waals surface area contributed by atoms with E-state index in [1.54, 1.807) is 0 Å². The van der Waals surface area contributed by atoms with Gasteiger partial charge in [0.25, 0.3) is 0 Å². The summed E-state index contributed by atoms with van der Waals surface area (Å²) in [5.41, 5.74) is 0. The lowest BCUT2D eigenvalue weighted by Gasteiger charge is -2.26. The summed E-state index contributed by atoms with van der Waals surface area (Å²) in [6.07, 6.45) is 5.23. The van der Waals surface area contributed by atoms with E-state index in [2.05, 4.69) is 17.6 Å². The van der Waals surface area contributed by atoms with Gasteiger partial charge < -0.3 is 15.4 Å². The van der Waals surface area contributed by atoms with Gasteiger partial charge in [-0.15, -0.1) is 0 Å². The summed E-state index contributed by atoms with van der Waals surface area (Å²) in [6.45, 7) is 4.21. The molecule has 0 radical (unpaired) electrons. The van der Waals surface area contributed by atoms with E-state index >= 15 is 0 Å². The van der Waals surface area contributed by atoms with Crippen LogP contribution in [0.25, 0.3) is 0 Å². The van der Waals surface area contributed by atoms with Gasteiger partial charge in [0.2, 0.25) is 5.91 Å². The van der Waals surface area contributed by atoms with Crippen molar-refractivity contribution in [2.75, 3.05) is 19.8 Å². The lowest BCUT2D eigenvalue weighted by molar-refractivity contribution is -0.126.